The van der Waals surface area contributed by atoms with E-state index in [1.54, 1.807) is 0 Å². The molecule has 1 amide bonds. The number of hydrogen-bond acceptors (Lipinski definition) is 3. The first-order valence-electron chi connectivity index (χ1n) is 7.42. The lowest BCUT2D eigenvalue weighted by atomic mass is 10.3. The van der Waals surface area contributed by atoms with Crippen LogP contribution in [0.15, 0.2) is 24.3 Å². The zero-order valence-electron chi connectivity index (χ0n) is 12.6. The summed E-state index contributed by atoms with van der Waals surface area (Å²) >= 11 is 2.33. The molecule has 0 aliphatic heterocycles. The number of nitrogens with one attached hydrogen (secondary N) is 1. The van der Waals surface area contributed by atoms with E-state index in [0.29, 0.717) is 13.0 Å². The van der Waals surface area contributed by atoms with Crippen molar-refractivity contribution in [3.05, 3.63) is 24.3 Å². The largest absolute Gasteiger partial charge is 0.494 e. The summed E-state index contributed by atoms with van der Waals surface area (Å²) in [4.78, 5) is 11.7. The van der Waals surface area contributed by atoms with Gasteiger partial charge in [-0.05, 0) is 37.1 Å². The molecule has 1 aromatic rings. The second kappa shape index (κ2) is 11.8. The fourth-order valence-corrected chi connectivity index (χ4v) is 1.93. The Morgan fingerprint density at radius 3 is 2.57 bits per heavy atom. The van der Waals surface area contributed by atoms with Crippen molar-refractivity contribution in [3.63, 3.8) is 0 Å². The van der Waals surface area contributed by atoms with E-state index >= 15 is 0 Å². The summed E-state index contributed by atoms with van der Waals surface area (Å²) in [6.07, 6.45) is 3.58. The van der Waals surface area contributed by atoms with Crippen molar-refractivity contribution in [1.29, 1.82) is 0 Å². The second-order valence-corrected chi connectivity index (χ2v) is 5.76. The average Bonchev–Trinajstić information content (AvgIpc) is 2.49. The highest BCUT2D eigenvalue weighted by Gasteiger charge is 2.02. The Labute approximate surface area is 140 Å². The van der Waals surface area contributed by atoms with Gasteiger partial charge in [0.05, 0.1) is 19.6 Å². The van der Waals surface area contributed by atoms with Gasteiger partial charge < -0.3 is 14.8 Å². The van der Waals surface area contributed by atoms with Gasteiger partial charge in [-0.15, -0.1) is 0 Å². The number of rotatable bonds is 11. The van der Waals surface area contributed by atoms with Crippen LogP contribution in [-0.4, -0.2) is 30.2 Å². The topological polar surface area (TPSA) is 47.6 Å². The molecule has 118 valence electrons. The van der Waals surface area contributed by atoms with Gasteiger partial charge in [-0.2, -0.15) is 0 Å². The van der Waals surface area contributed by atoms with Gasteiger partial charge in [0.1, 0.15) is 5.75 Å². The predicted octanol–water partition coefficient (Wildman–Crippen LogP) is 4.04. The fraction of sp³-hybridized carbons (Fsp3) is 0.562. The van der Waals surface area contributed by atoms with E-state index in [9.17, 15) is 4.79 Å². The van der Waals surface area contributed by atoms with Gasteiger partial charge in [0.15, 0.2) is 0 Å². The van der Waals surface area contributed by atoms with Crippen molar-refractivity contribution in [2.75, 3.05) is 29.6 Å². The van der Waals surface area contributed by atoms with Crippen molar-refractivity contribution in [2.45, 2.75) is 32.6 Å². The molecule has 0 aromatic heterocycles. The number of ether oxygens (including phenoxy) is 2. The highest BCUT2D eigenvalue weighted by atomic mass is 127. The van der Waals surface area contributed by atoms with Crippen LogP contribution in [0.3, 0.4) is 0 Å². The molecule has 21 heavy (non-hydrogen) atoms. The highest BCUT2D eigenvalue weighted by molar-refractivity contribution is 14.1. The van der Waals surface area contributed by atoms with Crippen molar-refractivity contribution in [2.24, 2.45) is 0 Å². The first-order chi connectivity index (χ1) is 10.3. The third-order valence-corrected chi connectivity index (χ3v) is 3.56. The maximum atomic E-state index is 11.7. The van der Waals surface area contributed by atoms with E-state index in [-0.39, 0.29) is 5.91 Å². The number of carbonyl (C=O) groups is 1. The maximum Gasteiger partial charge on any atom is 0.226 e. The Morgan fingerprint density at radius 2 is 1.90 bits per heavy atom. The van der Waals surface area contributed by atoms with E-state index in [4.69, 9.17) is 9.47 Å². The van der Waals surface area contributed by atoms with Gasteiger partial charge >= 0.3 is 0 Å². The van der Waals surface area contributed by atoms with Crippen molar-refractivity contribution < 1.29 is 14.3 Å². The minimum absolute atomic E-state index is 0.0231. The van der Waals surface area contributed by atoms with Crippen LogP contribution in [0.5, 0.6) is 5.75 Å². The van der Waals surface area contributed by atoms with Crippen LogP contribution < -0.4 is 10.1 Å². The summed E-state index contributed by atoms with van der Waals surface area (Å²) in [6, 6.07) is 7.46. The van der Waals surface area contributed by atoms with Crippen molar-refractivity contribution >= 4 is 34.2 Å². The Kier molecular flexibility index (Phi) is 10.2. The Bertz CT molecular complexity index is 395. The molecule has 0 aliphatic carbocycles. The SMILES string of the molecule is CCCCOCCC(=O)Nc1ccc(OCCCI)cc1. The molecule has 0 saturated heterocycles. The molecule has 5 heteroatoms. The molecule has 0 bridgehead atoms. The summed E-state index contributed by atoms with van der Waals surface area (Å²) in [5.41, 5.74) is 0.787. The first-order valence-corrected chi connectivity index (χ1v) is 8.95. The molecule has 0 aliphatic rings. The van der Waals surface area contributed by atoms with E-state index in [0.717, 1.165) is 48.3 Å². The quantitative estimate of drug-likeness (QED) is 0.344. The molecule has 0 atom stereocenters. The van der Waals surface area contributed by atoms with Crippen molar-refractivity contribution in [1.82, 2.24) is 0 Å². The van der Waals surface area contributed by atoms with Crippen LogP contribution in [0.1, 0.15) is 32.6 Å². The molecule has 0 fully saturated rings. The second-order valence-electron chi connectivity index (χ2n) is 4.68. The van der Waals surface area contributed by atoms with Crippen LogP contribution in [0.4, 0.5) is 5.69 Å². The Balaban J connectivity index is 2.23. The van der Waals surface area contributed by atoms with E-state index < -0.39 is 0 Å². The molecule has 0 unspecified atom stereocenters. The zero-order valence-corrected chi connectivity index (χ0v) is 14.7. The number of benzene rings is 1. The third kappa shape index (κ3) is 8.93. The van der Waals surface area contributed by atoms with E-state index in [1.807, 2.05) is 24.3 Å². The number of unbranched alkanes of at least 4 members (excludes halogenated alkanes) is 1. The number of alkyl halides is 1. The molecule has 0 spiro atoms. The summed E-state index contributed by atoms with van der Waals surface area (Å²) in [5.74, 6) is 0.811. The zero-order chi connectivity index (χ0) is 15.3. The number of hydrogen-bond donors (Lipinski definition) is 1. The monoisotopic (exact) mass is 405 g/mol. The number of amides is 1. The molecule has 1 aromatic carbocycles. The normalized spacial score (nSPS) is 10.4. The van der Waals surface area contributed by atoms with E-state index in [2.05, 4.69) is 34.8 Å². The smallest absolute Gasteiger partial charge is 0.226 e. The van der Waals surface area contributed by atoms with Gasteiger partial charge in [-0.25, -0.2) is 0 Å². The maximum absolute atomic E-state index is 11.7. The minimum atomic E-state index is -0.0231. The van der Waals surface area contributed by atoms with Crippen LogP contribution in [0.25, 0.3) is 0 Å². The first kappa shape index (κ1) is 18.2. The third-order valence-electron chi connectivity index (χ3n) is 2.80. The van der Waals surface area contributed by atoms with Gasteiger partial charge in [-0.3, -0.25) is 4.79 Å². The van der Waals surface area contributed by atoms with Crippen LogP contribution in [-0.2, 0) is 9.53 Å². The predicted molar refractivity (Wildman–Crippen MR) is 94.4 cm³/mol. The van der Waals surface area contributed by atoms with Crippen LogP contribution in [0.2, 0.25) is 0 Å². The summed E-state index contributed by atoms with van der Waals surface area (Å²) < 4.78 is 12.0. The van der Waals surface area contributed by atoms with Gasteiger partial charge in [0, 0.05) is 16.7 Å². The number of halogens is 1. The van der Waals surface area contributed by atoms with E-state index in [1.165, 1.54) is 0 Å². The molecular formula is C16H24INO3. The van der Waals surface area contributed by atoms with Gasteiger partial charge in [0.2, 0.25) is 5.91 Å². The molecule has 1 N–H and O–H groups in total. The van der Waals surface area contributed by atoms with Crippen molar-refractivity contribution in [3.8, 4) is 5.75 Å². The summed E-state index contributed by atoms with van der Waals surface area (Å²) in [7, 11) is 0. The molecule has 0 saturated carbocycles. The number of carbonyl (C=O) groups excluding carboxylic acids is 1. The molecule has 1 rings (SSSR count). The Hall–Kier alpha value is -0.820. The lowest BCUT2D eigenvalue weighted by molar-refractivity contribution is -0.117. The summed E-state index contributed by atoms with van der Waals surface area (Å²) in [6.45, 7) is 4.05. The van der Waals surface area contributed by atoms with Crippen LogP contribution in [0, 0.1) is 0 Å². The fourth-order valence-electron chi connectivity index (χ4n) is 1.62. The molecular weight excluding hydrogens is 381 g/mol. The average molecular weight is 405 g/mol. The van der Waals surface area contributed by atoms with Crippen LogP contribution >= 0.6 is 22.6 Å². The lowest BCUT2D eigenvalue weighted by Gasteiger charge is -2.08. The molecule has 0 heterocycles. The Morgan fingerprint density at radius 1 is 1.14 bits per heavy atom. The minimum Gasteiger partial charge on any atom is -0.494 e. The number of anilines is 1. The van der Waals surface area contributed by atoms with Gasteiger partial charge in [-0.1, -0.05) is 35.9 Å². The highest BCUT2D eigenvalue weighted by Crippen LogP contribution is 2.16. The van der Waals surface area contributed by atoms with Gasteiger partial charge in [0.25, 0.3) is 0 Å². The lowest BCUT2D eigenvalue weighted by Crippen LogP contribution is -2.14. The molecule has 0 radical (unpaired) electrons. The molecule has 4 nitrogen and oxygen atoms in total. The summed E-state index contributed by atoms with van der Waals surface area (Å²) in [5, 5.41) is 2.85. The standard InChI is InChI=1S/C16H24INO3/c1-2-3-11-20-13-9-16(19)18-14-5-7-15(8-6-14)21-12-4-10-17/h5-8H,2-4,9-13H2,1H3,(H,18,19).